The second-order valence-corrected chi connectivity index (χ2v) is 6.17. The summed E-state index contributed by atoms with van der Waals surface area (Å²) in [6.45, 7) is 2.63. The number of carbonyl (C=O) groups is 1. The van der Waals surface area contributed by atoms with Crippen LogP contribution < -0.4 is 11.1 Å². The Morgan fingerprint density at radius 1 is 1.58 bits per heavy atom. The van der Waals surface area contributed by atoms with Crippen LogP contribution in [0.15, 0.2) is 12.1 Å². The van der Waals surface area contributed by atoms with E-state index in [4.69, 9.17) is 28.9 Å². The minimum absolute atomic E-state index is 0.107. The molecule has 1 heterocycles. The summed E-state index contributed by atoms with van der Waals surface area (Å²) in [5.74, 6) is -0.221. The van der Waals surface area contributed by atoms with Crippen molar-refractivity contribution in [3.63, 3.8) is 0 Å². The van der Waals surface area contributed by atoms with Gasteiger partial charge in [-0.15, -0.1) is 0 Å². The van der Waals surface area contributed by atoms with Crippen LogP contribution in [-0.2, 0) is 4.79 Å². The fourth-order valence-electron chi connectivity index (χ4n) is 2.65. The molecular weight excluding hydrogens is 287 g/mol. The monoisotopic (exact) mass is 302 g/mol. The fourth-order valence-corrected chi connectivity index (χ4v) is 3.11. The molecule has 19 heavy (non-hydrogen) atoms. The zero-order valence-corrected chi connectivity index (χ0v) is 12.1. The van der Waals surface area contributed by atoms with Gasteiger partial charge in [-0.2, -0.15) is 0 Å². The first kappa shape index (κ1) is 14.4. The van der Waals surface area contributed by atoms with Gasteiger partial charge in [-0.25, -0.2) is 0 Å². The van der Waals surface area contributed by atoms with Crippen molar-refractivity contribution in [2.24, 2.45) is 11.1 Å². The van der Waals surface area contributed by atoms with Gasteiger partial charge < -0.3 is 16.2 Å². The zero-order chi connectivity index (χ0) is 14.2. The maximum Gasteiger partial charge on any atom is 0.218 e. The van der Waals surface area contributed by atoms with E-state index in [0.717, 1.165) is 0 Å². The number of phenols is 1. The van der Waals surface area contributed by atoms with Gasteiger partial charge in [-0.3, -0.25) is 4.79 Å². The Labute approximate surface area is 121 Å². The Bertz CT molecular complexity index is 522. The molecule has 1 fully saturated rings. The summed E-state index contributed by atoms with van der Waals surface area (Å²) in [6.07, 6.45) is 0.971. The lowest BCUT2D eigenvalue weighted by atomic mass is 9.83. The molecule has 0 aromatic heterocycles. The molecule has 0 aliphatic carbocycles. The third-order valence-electron chi connectivity index (χ3n) is 3.53. The predicted octanol–water partition coefficient (Wildman–Crippen LogP) is 2.62. The summed E-state index contributed by atoms with van der Waals surface area (Å²) in [7, 11) is 0. The Balaban J connectivity index is 2.26. The van der Waals surface area contributed by atoms with Crippen molar-refractivity contribution in [2.75, 3.05) is 6.54 Å². The molecule has 4 nitrogen and oxygen atoms in total. The number of benzene rings is 1. The second kappa shape index (κ2) is 5.19. The summed E-state index contributed by atoms with van der Waals surface area (Å²) in [5, 5.41) is 14.0. The van der Waals surface area contributed by atoms with Crippen molar-refractivity contribution >= 4 is 29.1 Å². The molecule has 1 amide bonds. The summed E-state index contributed by atoms with van der Waals surface area (Å²) >= 11 is 12.1. The molecule has 1 aromatic rings. The third-order valence-corrected chi connectivity index (χ3v) is 4.35. The first-order valence-corrected chi connectivity index (χ1v) is 6.76. The van der Waals surface area contributed by atoms with Gasteiger partial charge in [0.25, 0.3) is 0 Å². The van der Waals surface area contributed by atoms with E-state index >= 15 is 0 Å². The van der Waals surface area contributed by atoms with E-state index in [9.17, 15) is 9.90 Å². The summed E-state index contributed by atoms with van der Waals surface area (Å²) in [6, 6.07) is 2.95. The summed E-state index contributed by atoms with van der Waals surface area (Å²) in [5.41, 5.74) is 5.62. The maximum atomic E-state index is 11.1. The summed E-state index contributed by atoms with van der Waals surface area (Å²) < 4.78 is 0. The minimum Gasteiger partial charge on any atom is -0.508 e. The minimum atomic E-state index is -0.327. The Morgan fingerprint density at radius 2 is 2.26 bits per heavy atom. The molecular formula is C13H16Cl2N2O2. The van der Waals surface area contributed by atoms with Crippen molar-refractivity contribution in [1.82, 2.24) is 5.32 Å². The normalized spacial score (nSPS) is 26.6. The largest absolute Gasteiger partial charge is 0.508 e. The van der Waals surface area contributed by atoms with Crippen LogP contribution in [0.3, 0.4) is 0 Å². The quantitative estimate of drug-likeness (QED) is 0.803. The molecule has 1 aliphatic rings. The highest BCUT2D eigenvalue weighted by atomic mass is 35.5. The van der Waals surface area contributed by atoms with Crippen LogP contribution in [0.1, 0.15) is 31.4 Å². The fraction of sp³-hybridized carbons (Fsp3) is 0.462. The smallest absolute Gasteiger partial charge is 0.218 e. The van der Waals surface area contributed by atoms with Gasteiger partial charge in [-0.05, 0) is 24.0 Å². The molecule has 1 saturated heterocycles. The van der Waals surface area contributed by atoms with Crippen LogP contribution in [0.25, 0.3) is 0 Å². The highest BCUT2D eigenvalue weighted by molar-refractivity contribution is 6.42. The lowest BCUT2D eigenvalue weighted by Crippen LogP contribution is -2.27. The van der Waals surface area contributed by atoms with Crippen molar-refractivity contribution in [3.05, 3.63) is 27.7 Å². The Hall–Kier alpha value is -0.970. The van der Waals surface area contributed by atoms with Crippen LogP contribution in [0.5, 0.6) is 5.75 Å². The van der Waals surface area contributed by atoms with Crippen molar-refractivity contribution in [3.8, 4) is 5.75 Å². The molecule has 104 valence electrons. The van der Waals surface area contributed by atoms with E-state index in [-0.39, 0.29) is 23.1 Å². The molecule has 0 spiro atoms. The number of phenolic OH excluding ortho intramolecular Hbond substituents is 1. The van der Waals surface area contributed by atoms with Gasteiger partial charge in [0.1, 0.15) is 5.75 Å². The maximum absolute atomic E-state index is 11.1. The number of rotatable bonds is 3. The second-order valence-electron chi connectivity index (χ2n) is 5.39. The molecule has 0 radical (unpaired) electrons. The number of hydrogen-bond acceptors (Lipinski definition) is 3. The number of nitrogens with one attached hydrogen (secondary N) is 1. The molecule has 6 heteroatoms. The highest BCUT2D eigenvalue weighted by Gasteiger charge is 2.38. The molecule has 0 saturated carbocycles. The lowest BCUT2D eigenvalue weighted by Gasteiger charge is -2.21. The lowest BCUT2D eigenvalue weighted by molar-refractivity contribution is -0.119. The predicted molar refractivity (Wildman–Crippen MR) is 75.4 cm³/mol. The number of primary amides is 1. The zero-order valence-electron chi connectivity index (χ0n) is 10.5. The van der Waals surface area contributed by atoms with Crippen molar-refractivity contribution in [1.29, 1.82) is 0 Å². The van der Waals surface area contributed by atoms with Crippen molar-refractivity contribution in [2.45, 2.75) is 25.8 Å². The Morgan fingerprint density at radius 3 is 2.89 bits per heavy atom. The average Bonchev–Trinajstić information content (AvgIpc) is 2.65. The van der Waals surface area contributed by atoms with Crippen LogP contribution in [-0.4, -0.2) is 17.6 Å². The van der Waals surface area contributed by atoms with E-state index < -0.39 is 0 Å². The van der Waals surface area contributed by atoms with E-state index in [0.29, 0.717) is 35.0 Å². The number of hydrogen-bond donors (Lipinski definition) is 3. The molecule has 2 rings (SSSR count). The standard InChI is InChI=1S/C13H16Cl2N2O2/c1-13(5-10(16)19)4-8(17-6-13)11-9(18)3-2-7(14)12(11)15/h2-3,8,17-18H,4-6H2,1H3,(H2,16,19)/t8-,13?/m1/s1. The third kappa shape index (κ3) is 2.96. The van der Waals surface area contributed by atoms with Crippen LogP contribution in [0.2, 0.25) is 10.0 Å². The van der Waals surface area contributed by atoms with Gasteiger partial charge in [0.15, 0.2) is 0 Å². The molecule has 1 aromatic carbocycles. The number of nitrogens with two attached hydrogens (primary N) is 1. The first-order valence-electron chi connectivity index (χ1n) is 6.01. The van der Waals surface area contributed by atoms with E-state index in [1.165, 1.54) is 6.07 Å². The Kier molecular flexibility index (Phi) is 3.95. The topological polar surface area (TPSA) is 75.4 Å². The van der Waals surface area contributed by atoms with Crippen LogP contribution in [0.4, 0.5) is 0 Å². The highest BCUT2D eigenvalue weighted by Crippen LogP contribution is 2.45. The molecule has 1 aliphatic heterocycles. The summed E-state index contributed by atoms with van der Waals surface area (Å²) in [4.78, 5) is 11.1. The number of aromatic hydroxyl groups is 1. The van der Waals surface area contributed by atoms with Crippen LogP contribution >= 0.6 is 23.2 Å². The molecule has 1 unspecified atom stereocenters. The van der Waals surface area contributed by atoms with E-state index in [2.05, 4.69) is 5.32 Å². The average molecular weight is 303 g/mol. The van der Waals surface area contributed by atoms with Gasteiger partial charge in [0, 0.05) is 24.6 Å². The van der Waals surface area contributed by atoms with Crippen LogP contribution in [0, 0.1) is 5.41 Å². The van der Waals surface area contributed by atoms with E-state index in [1.807, 2.05) is 6.92 Å². The SMILES string of the molecule is CC1(CC(N)=O)CN[C@@H](c2c(O)ccc(Cl)c2Cl)C1. The van der Waals surface area contributed by atoms with Gasteiger partial charge >= 0.3 is 0 Å². The number of amides is 1. The van der Waals surface area contributed by atoms with E-state index in [1.54, 1.807) is 6.07 Å². The number of carbonyl (C=O) groups excluding carboxylic acids is 1. The van der Waals surface area contributed by atoms with Gasteiger partial charge in [0.05, 0.1) is 10.0 Å². The van der Waals surface area contributed by atoms with Gasteiger partial charge in [-0.1, -0.05) is 30.1 Å². The van der Waals surface area contributed by atoms with Gasteiger partial charge in [0.2, 0.25) is 5.91 Å². The molecule has 4 N–H and O–H groups in total. The van der Waals surface area contributed by atoms with Crippen molar-refractivity contribution < 1.29 is 9.90 Å². The first-order chi connectivity index (χ1) is 8.82. The number of halogens is 2. The molecule has 2 atom stereocenters. The molecule has 0 bridgehead atoms.